The first-order valence-electron chi connectivity index (χ1n) is 6.54. The summed E-state index contributed by atoms with van der Waals surface area (Å²) < 4.78 is 14.9. The third-order valence-corrected chi connectivity index (χ3v) is 3.52. The Hall–Kier alpha value is -1.82. The predicted molar refractivity (Wildman–Crippen MR) is 81.0 cm³/mol. The molecule has 2 rings (SSSR count). The molecule has 0 amide bonds. The summed E-state index contributed by atoms with van der Waals surface area (Å²) in [4.78, 5) is 4.47. The van der Waals surface area contributed by atoms with Crippen LogP contribution in [0, 0.1) is 0 Å². The van der Waals surface area contributed by atoms with Crippen LogP contribution in [0.3, 0.4) is 0 Å². The lowest BCUT2D eigenvalue weighted by atomic mass is 10.1. The lowest BCUT2D eigenvalue weighted by Crippen LogP contribution is -1.99. The van der Waals surface area contributed by atoms with Crippen LogP contribution >= 0.6 is 11.5 Å². The SMILES string of the molecule is CCCNc1nc(Cc2ccc(OC)c(OC)c2)ns1. The summed E-state index contributed by atoms with van der Waals surface area (Å²) in [5.41, 5.74) is 1.10. The number of hydrogen-bond acceptors (Lipinski definition) is 6. The maximum atomic E-state index is 5.30. The zero-order valence-electron chi connectivity index (χ0n) is 12.0. The zero-order chi connectivity index (χ0) is 14.4. The van der Waals surface area contributed by atoms with Gasteiger partial charge < -0.3 is 14.8 Å². The largest absolute Gasteiger partial charge is 0.493 e. The van der Waals surface area contributed by atoms with Crippen molar-refractivity contribution < 1.29 is 9.47 Å². The molecule has 1 N–H and O–H groups in total. The second-order valence-electron chi connectivity index (χ2n) is 4.31. The van der Waals surface area contributed by atoms with Crippen LogP contribution in [0.25, 0.3) is 0 Å². The molecule has 1 aromatic heterocycles. The number of rotatable bonds is 7. The van der Waals surface area contributed by atoms with Crippen LogP contribution in [-0.2, 0) is 6.42 Å². The smallest absolute Gasteiger partial charge is 0.202 e. The molecule has 0 unspecified atom stereocenters. The van der Waals surface area contributed by atoms with E-state index in [0.29, 0.717) is 6.42 Å². The standard InChI is InChI=1S/C14H19N3O2S/c1-4-7-15-14-16-13(17-20-14)9-10-5-6-11(18-2)12(8-10)19-3/h5-6,8H,4,7,9H2,1-3H3,(H,15,16,17). The Morgan fingerprint density at radius 3 is 2.70 bits per heavy atom. The summed E-state index contributed by atoms with van der Waals surface area (Å²) in [6, 6.07) is 5.86. The minimum atomic E-state index is 0.685. The van der Waals surface area contributed by atoms with Crippen molar-refractivity contribution in [1.82, 2.24) is 9.36 Å². The highest BCUT2D eigenvalue weighted by Gasteiger charge is 2.08. The van der Waals surface area contributed by atoms with Crippen molar-refractivity contribution in [2.75, 3.05) is 26.1 Å². The van der Waals surface area contributed by atoms with Gasteiger partial charge in [0.2, 0.25) is 5.13 Å². The fourth-order valence-corrected chi connectivity index (χ4v) is 2.41. The van der Waals surface area contributed by atoms with Crippen molar-refractivity contribution >= 4 is 16.7 Å². The van der Waals surface area contributed by atoms with Crippen LogP contribution < -0.4 is 14.8 Å². The minimum Gasteiger partial charge on any atom is -0.493 e. The number of hydrogen-bond donors (Lipinski definition) is 1. The molecule has 0 radical (unpaired) electrons. The Balaban J connectivity index is 2.07. The van der Waals surface area contributed by atoms with E-state index >= 15 is 0 Å². The van der Waals surface area contributed by atoms with Gasteiger partial charge in [-0.25, -0.2) is 4.98 Å². The van der Waals surface area contributed by atoms with Gasteiger partial charge in [0.25, 0.3) is 0 Å². The summed E-state index contributed by atoms with van der Waals surface area (Å²) in [6.45, 7) is 3.05. The third-order valence-electron chi connectivity index (χ3n) is 2.80. The fourth-order valence-electron chi connectivity index (χ4n) is 1.80. The molecule has 5 nitrogen and oxygen atoms in total. The Labute approximate surface area is 123 Å². The Kier molecular flexibility index (Phi) is 5.17. The van der Waals surface area contributed by atoms with E-state index in [0.717, 1.165) is 41.0 Å². The van der Waals surface area contributed by atoms with Crippen molar-refractivity contribution in [2.45, 2.75) is 19.8 Å². The van der Waals surface area contributed by atoms with Crippen LogP contribution in [-0.4, -0.2) is 30.1 Å². The Morgan fingerprint density at radius 1 is 1.20 bits per heavy atom. The normalized spacial score (nSPS) is 10.3. The van der Waals surface area contributed by atoms with Crippen molar-refractivity contribution in [3.8, 4) is 11.5 Å². The maximum absolute atomic E-state index is 5.30. The summed E-state index contributed by atoms with van der Waals surface area (Å²) in [5, 5.41) is 4.12. The first-order chi connectivity index (χ1) is 9.76. The molecule has 6 heteroatoms. The number of aromatic nitrogens is 2. The molecule has 0 saturated heterocycles. The van der Waals surface area contributed by atoms with Gasteiger partial charge in [0.15, 0.2) is 11.5 Å². The highest BCUT2D eigenvalue weighted by atomic mass is 32.1. The Morgan fingerprint density at radius 2 is 2.00 bits per heavy atom. The van der Waals surface area contributed by atoms with Gasteiger partial charge >= 0.3 is 0 Å². The quantitative estimate of drug-likeness (QED) is 0.850. The first-order valence-corrected chi connectivity index (χ1v) is 7.31. The molecule has 0 fully saturated rings. The molecular weight excluding hydrogens is 274 g/mol. The van der Waals surface area contributed by atoms with Gasteiger partial charge in [0.1, 0.15) is 5.82 Å². The monoisotopic (exact) mass is 293 g/mol. The molecule has 2 aromatic rings. The second kappa shape index (κ2) is 7.09. The van der Waals surface area contributed by atoms with Gasteiger partial charge in [-0.2, -0.15) is 4.37 Å². The molecule has 20 heavy (non-hydrogen) atoms. The highest BCUT2D eigenvalue weighted by molar-refractivity contribution is 7.09. The van der Waals surface area contributed by atoms with Gasteiger partial charge in [-0.3, -0.25) is 0 Å². The molecule has 108 valence electrons. The molecule has 0 aliphatic rings. The lowest BCUT2D eigenvalue weighted by molar-refractivity contribution is 0.354. The van der Waals surface area contributed by atoms with Crippen LogP contribution in [0.2, 0.25) is 0 Å². The fraction of sp³-hybridized carbons (Fsp3) is 0.429. The highest BCUT2D eigenvalue weighted by Crippen LogP contribution is 2.28. The van der Waals surface area contributed by atoms with E-state index in [4.69, 9.17) is 9.47 Å². The number of ether oxygens (including phenoxy) is 2. The van der Waals surface area contributed by atoms with Gasteiger partial charge in [-0.1, -0.05) is 13.0 Å². The van der Waals surface area contributed by atoms with Crippen LogP contribution in [0.5, 0.6) is 11.5 Å². The molecule has 0 spiro atoms. The number of benzene rings is 1. The zero-order valence-corrected chi connectivity index (χ0v) is 12.8. The van der Waals surface area contributed by atoms with Crippen molar-refractivity contribution in [3.63, 3.8) is 0 Å². The van der Waals surface area contributed by atoms with E-state index in [1.165, 1.54) is 11.5 Å². The maximum Gasteiger partial charge on any atom is 0.202 e. The molecule has 0 atom stereocenters. The van der Waals surface area contributed by atoms with Crippen LogP contribution in [0.4, 0.5) is 5.13 Å². The second-order valence-corrected chi connectivity index (χ2v) is 5.06. The van der Waals surface area contributed by atoms with Gasteiger partial charge in [0, 0.05) is 24.5 Å². The predicted octanol–water partition coefficient (Wildman–Crippen LogP) is 2.97. The number of nitrogens with zero attached hydrogens (tertiary/aromatic N) is 2. The average molecular weight is 293 g/mol. The number of methoxy groups -OCH3 is 2. The van der Waals surface area contributed by atoms with E-state index in [2.05, 4.69) is 21.6 Å². The van der Waals surface area contributed by atoms with E-state index in [-0.39, 0.29) is 0 Å². The van der Waals surface area contributed by atoms with E-state index in [1.807, 2.05) is 18.2 Å². The Bertz CT molecular complexity index is 557. The molecule has 0 aliphatic heterocycles. The lowest BCUT2D eigenvalue weighted by Gasteiger charge is -2.08. The summed E-state index contributed by atoms with van der Waals surface area (Å²) >= 11 is 1.40. The molecule has 1 heterocycles. The van der Waals surface area contributed by atoms with Crippen molar-refractivity contribution in [3.05, 3.63) is 29.6 Å². The number of nitrogens with one attached hydrogen (secondary N) is 1. The average Bonchev–Trinajstić information content (AvgIpc) is 2.92. The molecule has 0 saturated carbocycles. The minimum absolute atomic E-state index is 0.685. The van der Waals surface area contributed by atoms with Gasteiger partial charge in [-0.15, -0.1) is 0 Å². The topological polar surface area (TPSA) is 56.3 Å². The van der Waals surface area contributed by atoms with E-state index in [9.17, 15) is 0 Å². The summed E-state index contributed by atoms with van der Waals surface area (Å²) in [7, 11) is 3.26. The molecular formula is C14H19N3O2S. The van der Waals surface area contributed by atoms with Gasteiger partial charge in [0.05, 0.1) is 14.2 Å². The van der Waals surface area contributed by atoms with E-state index in [1.54, 1.807) is 14.2 Å². The number of anilines is 1. The van der Waals surface area contributed by atoms with Crippen LogP contribution in [0.15, 0.2) is 18.2 Å². The first kappa shape index (κ1) is 14.6. The van der Waals surface area contributed by atoms with Gasteiger partial charge in [-0.05, 0) is 24.1 Å². The summed E-state index contributed by atoms with van der Waals surface area (Å²) in [5.74, 6) is 2.28. The third kappa shape index (κ3) is 3.60. The van der Waals surface area contributed by atoms with Crippen LogP contribution in [0.1, 0.15) is 24.7 Å². The molecule has 1 aromatic carbocycles. The molecule has 0 aliphatic carbocycles. The molecule has 0 bridgehead atoms. The summed E-state index contributed by atoms with van der Waals surface area (Å²) in [6.07, 6.45) is 1.76. The van der Waals surface area contributed by atoms with Crippen molar-refractivity contribution in [1.29, 1.82) is 0 Å². The van der Waals surface area contributed by atoms with E-state index < -0.39 is 0 Å². The van der Waals surface area contributed by atoms with Crippen molar-refractivity contribution in [2.24, 2.45) is 0 Å².